The molecule has 0 saturated heterocycles. The minimum Gasteiger partial charge on any atom is -0.372 e. The van der Waals surface area contributed by atoms with Crippen molar-refractivity contribution in [1.82, 2.24) is 4.90 Å². The van der Waals surface area contributed by atoms with Crippen LogP contribution in [0.2, 0.25) is 0 Å². The molecule has 0 aliphatic carbocycles. The second-order valence-electron chi connectivity index (χ2n) is 4.79. The Kier molecular flexibility index (Phi) is 8.75. The van der Waals surface area contributed by atoms with Gasteiger partial charge in [-0.05, 0) is 18.9 Å². The molecule has 0 aliphatic heterocycles. The lowest BCUT2D eigenvalue weighted by Crippen LogP contribution is -2.36. The van der Waals surface area contributed by atoms with Gasteiger partial charge >= 0.3 is 6.18 Å². The van der Waals surface area contributed by atoms with Crippen molar-refractivity contribution in [3.05, 3.63) is 0 Å². The Balaban J connectivity index is 4.02. The third-order valence-corrected chi connectivity index (χ3v) is 2.30. The van der Waals surface area contributed by atoms with Crippen molar-refractivity contribution in [1.29, 1.82) is 0 Å². The first kappa shape index (κ1) is 18.2. The lowest BCUT2D eigenvalue weighted by Gasteiger charge is -2.24. The van der Waals surface area contributed by atoms with Gasteiger partial charge in [-0.3, -0.25) is 4.79 Å². The molecule has 19 heavy (non-hydrogen) atoms. The van der Waals surface area contributed by atoms with Crippen LogP contribution < -0.4 is 5.73 Å². The van der Waals surface area contributed by atoms with Crippen molar-refractivity contribution in [3.63, 3.8) is 0 Å². The van der Waals surface area contributed by atoms with E-state index in [1.807, 2.05) is 13.8 Å². The van der Waals surface area contributed by atoms with Crippen LogP contribution in [0.3, 0.4) is 0 Å². The van der Waals surface area contributed by atoms with Gasteiger partial charge < -0.3 is 15.4 Å². The van der Waals surface area contributed by atoms with Gasteiger partial charge in [-0.1, -0.05) is 13.8 Å². The summed E-state index contributed by atoms with van der Waals surface area (Å²) >= 11 is 0. The van der Waals surface area contributed by atoms with Gasteiger partial charge in [0.1, 0.15) is 6.61 Å². The molecule has 0 heterocycles. The van der Waals surface area contributed by atoms with E-state index in [-0.39, 0.29) is 18.9 Å². The summed E-state index contributed by atoms with van der Waals surface area (Å²) in [5.41, 5.74) is 5.39. The Labute approximate surface area is 112 Å². The van der Waals surface area contributed by atoms with Crippen LogP contribution >= 0.6 is 0 Å². The minimum atomic E-state index is -4.35. The summed E-state index contributed by atoms with van der Waals surface area (Å²) in [6.07, 6.45) is -3.70. The van der Waals surface area contributed by atoms with Crippen molar-refractivity contribution in [2.45, 2.75) is 32.9 Å². The third kappa shape index (κ3) is 10.8. The molecule has 1 amide bonds. The van der Waals surface area contributed by atoms with E-state index in [1.54, 1.807) is 4.90 Å². The van der Waals surface area contributed by atoms with Crippen molar-refractivity contribution >= 4 is 5.91 Å². The van der Waals surface area contributed by atoms with Gasteiger partial charge in [0.2, 0.25) is 5.91 Å². The molecule has 0 aromatic rings. The van der Waals surface area contributed by atoms with E-state index in [0.717, 1.165) is 0 Å². The Morgan fingerprint density at radius 2 is 2.00 bits per heavy atom. The summed E-state index contributed by atoms with van der Waals surface area (Å²) in [5.74, 6) is 0.113. The molecule has 4 nitrogen and oxygen atoms in total. The number of nitrogens with zero attached hydrogens (tertiary/aromatic N) is 1. The SMILES string of the molecule is CC(C)CN(CCCN)C(=O)CCOCC(F)(F)F. The average molecular weight is 284 g/mol. The second kappa shape index (κ2) is 9.14. The van der Waals surface area contributed by atoms with Crippen LogP contribution in [0.15, 0.2) is 0 Å². The highest BCUT2D eigenvalue weighted by molar-refractivity contribution is 5.76. The highest BCUT2D eigenvalue weighted by atomic mass is 19.4. The number of rotatable bonds is 9. The molecule has 0 spiro atoms. The summed E-state index contributed by atoms with van der Waals surface area (Å²) in [5, 5.41) is 0. The number of carbonyl (C=O) groups is 1. The number of hydrogen-bond acceptors (Lipinski definition) is 3. The topological polar surface area (TPSA) is 55.6 Å². The molecule has 0 atom stereocenters. The quantitative estimate of drug-likeness (QED) is 0.657. The molecule has 0 aromatic carbocycles. The number of amides is 1. The van der Waals surface area contributed by atoms with Crippen LogP contribution in [0.25, 0.3) is 0 Å². The maximum absolute atomic E-state index is 11.8. The minimum absolute atomic E-state index is 0.0344. The van der Waals surface area contributed by atoms with Gasteiger partial charge in [-0.25, -0.2) is 0 Å². The summed E-state index contributed by atoms with van der Waals surface area (Å²) in [4.78, 5) is 13.5. The van der Waals surface area contributed by atoms with Crippen molar-refractivity contribution < 1.29 is 22.7 Å². The number of hydrogen-bond donors (Lipinski definition) is 1. The molecule has 0 unspecified atom stereocenters. The van der Waals surface area contributed by atoms with Gasteiger partial charge in [-0.2, -0.15) is 13.2 Å². The van der Waals surface area contributed by atoms with E-state index in [1.165, 1.54) is 0 Å². The standard InChI is InChI=1S/C12H23F3N2O2/c1-10(2)8-17(6-3-5-16)11(18)4-7-19-9-12(13,14)15/h10H,3-9,16H2,1-2H3. The van der Waals surface area contributed by atoms with E-state index in [2.05, 4.69) is 4.74 Å². The maximum atomic E-state index is 11.8. The first-order valence-corrected chi connectivity index (χ1v) is 6.38. The molecule has 114 valence electrons. The predicted octanol–water partition coefficient (Wildman–Crippen LogP) is 1.79. The smallest absolute Gasteiger partial charge is 0.372 e. The van der Waals surface area contributed by atoms with Crippen LogP contribution in [0.1, 0.15) is 26.7 Å². The van der Waals surface area contributed by atoms with Crippen LogP contribution in [-0.2, 0) is 9.53 Å². The molecule has 0 aromatic heterocycles. The van der Waals surface area contributed by atoms with Gasteiger partial charge in [0.05, 0.1) is 13.0 Å². The number of nitrogens with two attached hydrogens (primary N) is 1. The van der Waals surface area contributed by atoms with Gasteiger partial charge in [0, 0.05) is 13.1 Å². The Bertz CT molecular complexity index is 258. The van der Waals surface area contributed by atoms with E-state index >= 15 is 0 Å². The summed E-state index contributed by atoms with van der Waals surface area (Å²) in [6.45, 7) is 4.02. The second-order valence-corrected chi connectivity index (χ2v) is 4.79. The lowest BCUT2D eigenvalue weighted by atomic mass is 10.2. The molecule has 0 saturated carbocycles. The van der Waals surface area contributed by atoms with Crippen molar-refractivity contribution in [3.8, 4) is 0 Å². The molecule has 0 rings (SSSR count). The zero-order chi connectivity index (χ0) is 14.9. The normalized spacial score (nSPS) is 11.9. The fourth-order valence-electron chi connectivity index (χ4n) is 1.55. The molecule has 0 radical (unpaired) electrons. The average Bonchev–Trinajstić information content (AvgIpc) is 2.28. The Hall–Kier alpha value is -0.820. The predicted molar refractivity (Wildman–Crippen MR) is 66.6 cm³/mol. The largest absolute Gasteiger partial charge is 0.411 e. The number of carbonyl (C=O) groups excluding carboxylic acids is 1. The van der Waals surface area contributed by atoms with Crippen LogP contribution in [0.5, 0.6) is 0 Å². The van der Waals surface area contributed by atoms with Crippen LogP contribution in [0, 0.1) is 5.92 Å². The van der Waals surface area contributed by atoms with E-state index in [9.17, 15) is 18.0 Å². The molecule has 0 aliphatic rings. The molecule has 0 bridgehead atoms. The Morgan fingerprint density at radius 3 is 2.47 bits per heavy atom. The third-order valence-electron chi connectivity index (χ3n) is 2.30. The Morgan fingerprint density at radius 1 is 1.37 bits per heavy atom. The zero-order valence-electron chi connectivity index (χ0n) is 11.5. The monoisotopic (exact) mass is 284 g/mol. The first-order chi connectivity index (χ1) is 8.76. The number of alkyl halides is 3. The fourth-order valence-corrected chi connectivity index (χ4v) is 1.55. The fraction of sp³-hybridized carbons (Fsp3) is 0.917. The van der Waals surface area contributed by atoms with Crippen molar-refractivity contribution in [2.75, 3.05) is 32.8 Å². The van der Waals surface area contributed by atoms with Crippen LogP contribution in [-0.4, -0.2) is 49.8 Å². The molecular weight excluding hydrogens is 261 g/mol. The van der Waals surface area contributed by atoms with Crippen molar-refractivity contribution in [2.24, 2.45) is 11.7 Å². The highest BCUT2D eigenvalue weighted by Crippen LogP contribution is 2.14. The molecule has 0 fully saturated rings. The van der Waals surface area contributed by atoms with Gasteiger partial charge in [0.15, 0.2) is 0 Å². The summed E-state index contributed by atoms with van der Waals surface area (Å²) in [7, 11) is 0. The highest BCUT2D eigenvalue weighted by Gasteiger charge is 2.27. The summed E-state index contributed by atoms with van der Waals surface area (Å²) in [6, 6.07) is 0. The zero-order valence-corrected chi connectivity index (χ0v) is 11.5. The first-order valence-electron chi connectivity index (χ1n) is 6.38. The van der Waals surface area contributed by atoms with E-state index < -0.39 is 12.8 Å². The maximum Gasteiger partial charge on any atom is 0.411 e. The van der Waals surface area contributed by atoms with Gasteiger partial charge in [0.25, 0.3) is 0 Å². The number of halogens is 3. The van der Waals surface area contributed by atoms with Gasteiger partial charge in [-0.15, -0.1) is 0 Å². The molecular formula is C12H23F3N2O2. The number of ether oxygens (including phenoxy) is 1. The summed E-state index contributed by atoms with van der Waals surface area (Å²) < 4.78 is 40.0. The van der Waals surface area contributed by atoms with E-state index in [4.69, 9.17) is 5.73 Å². The lowest BCUT2D eigenvalue weighted by molar-refractivity contribution is -0.175. The molecule has 7 heteroatoms. The van der Waals surface area contributed by atoms with E-state index in [0.29, 0.717) is 32.0 Å². The molecule has 2 N–H and O–H groups in total. The van der Waals surface area contributed by atoms with Crippen LogP contribution in [0.4, 0.5) is 13.2 Å².